The Labute approximate surface area is 123 Å². The van der Waals surface area contributed by atoms with Crippen LogP contribution < -0.4 is 5.32 Å². The van der Waals surface area contributed by atoms with Crippen molar-refractivity contribution in [2.75, 3.05) is 0 Å². The highest BCUT2D eigenvalue weighted by atomic mass is 79.9. The number of nitrogens with one attached hydrogen (secondary N) is 1. The van der Waals surface area contributed by atoms with Crippen LogP contribution in [0.2, 0.25) is 5.02 Å². The maximum Gasteiger partial charge on any atom is 0.254 e. The third-order valence-electron chi connectivity index (χ3n) is 2.54. The lowest BCUT2D eigenvalue weighted by Gasteiger charge is -2.07. The molecule has 0 aliphatic rings. The Bertz CT molecular complexity index is 618. The molecule has 2 aromatic rings. The number of halogens is 3. The summed E-state index contributed by atoms with van der Waals surface area (Å²) in [4.78, 5) is 11.9. The molecule has 0 bridgehead atoms. The highest BCUT2D eigenvalue weighted by Gasteiger charge is 2.13. The van der Waals surface area contributed by atoms with Crippen molar-refractivity contribution in [3.8, 4) is 0 Å². The Morgan fingerprint density at radius 2 is 2.00 bits per heavy atom. The number of amides is 1. The zero-order valence-corrected chi connectivity index (χ0v) is 12.1. The van der Waals surface area contributed by atoms with Crippen LogP contribution in [0.3, 0.4) is 0 Å². The highest BCUT2D eigenvalue weighted by Crippen LogP contribution is 2.18. The zero-order valence-electron chi connectivity index (χ0n) is 9.79. The van der Waals surface area contributed by atoms with Gasteiger partial charge in [-0.25, -0.2) is 4.39 Å². The lowest BCUT2D eigenvalue weighted by Crippen LogP contribution is -2.23. The largest absolute Gasteiger partial charge is 0.348 e. The van der Waals surface area contributed by atoms with Crippen LogP contribution in [-0.4, -0.2) is 5.91 Å². The fourth-order valence-electron chi connectivity index (χ4n) is 1.60. The van der Waals surface area contributed by atoms with Crippen LogP contribution in [0.25, 0.3) is 0 Å². The predicted molar refractivity (Wildman–Crippen MR) is 76.7 cm³/mol. The number of benzene rings is 2. The minimum Gasteiger partial charge on any atom is -0.348 e. The van der Waals surface area contributed by atoms with E-state index < -0.39 is 11.7 Å². The van der Waals surface area contributed by atoms with Crippen molar-refractivity contribution < 1.29 is 9.18 Å². The van der Waals surface area contributed by atoms with Crippen LogP contribution in [0.1, 0.15) is 15.9 Å². The SMILES string of the molecule is O=C(NCc1cccc(Br)c1)c1cccc(Cl)c1F. The molecule has 19 heavy (non-hydrogen) atoms. The van der Waals surface area contributed by atoms with Crippen LogP contribution in [0.4, 0.5) is 4.39 Å². The molecule has 0 aliphatic carbocycles. The van der Waals surface area contributed by atoms with Gasteiger partial charge in [0.1, 0.15) is 0 Å². The second-order valence-corrected chi connectivity index (χ2v) is 5.24. The monoisotopic (exact) mass is 341 g/mol. The van der Waals surface area contributed by atoms with E-state index in [0.29, 0.717) is 6.54 Å². The fourth-order valence-corrected chi connectivity index (χ4v) is 2.22. The third kappa shape index (κ3) is 3.55. The van der Waals surface area contributed by atoms with E-state index in [1.54, 1.807) is 6.07 Å². The summed E-state index contributed by atoms with van der Waals surface area (Å²) in [5.74, 6) is -1.18. The Balaban J connectivity index is 2.08. The lowest BCUT2D eigenvalue weighted by atomic mass is 10.2. The number of hydrogen-bond acceptors (Lipinski definition) is 1. The van der Waals surface area contributed by atoms with E-state index in [2.05, 4.69) is 21.2 Å². The number of rotatable bonds is 3. The summed E-state index contributed by atoms with van der Waals surface area (Å²) >= 11 is 8.98. The summed E-state index contributed by atoms with van der Waals surface area (Å²) in [7, 11) is 0. The van der Waals surface area contributed by atoms with Crippen molar-refractivity contribution in [1.82, 2.24) is 5.32 Å². The van der Waals surface area contributed by atoms with Crippen molar-refractivity contribution in [3.63, 3.8) is 0 Å². The van der Waals surface area contributed by atoms with Crippen LogP contribution in [0.15, 0.2) is 46.9 Å². The number of carbonyl (C=O) groups is 1. The molecule has 98 valence electrons. The molecule has 0 saturated carbocycles. The van der Waals surface area contributed by atoms with E-state index in [9.17, 15) is 9.18 Å². The molecule has 5 heteroatoms. The molecule has 2 rings (SSSR count). The molecule has 0 heterocycles. The first-order valence-corrected chi connectivity index (χ1v) is 6.71. The van der Waals surface area contributed by atoms with Gasteiger partial charge in [-0.05, 0) is 29.8 Å². The van der Waals surface area contributed by atoms with E-state index in [1.807, 2.05) is 24.3 Å². The maximum absolute atomic E-state index is 13.6. The zero-order chi connectivity index (χ0) is 13.8. The molecule has 0 aromatic heterocycles. The van der Waals surface area contributed by atoms with E-state index in [1.165, 1.54) is 12.1 Å². The maximum atomic E-state index is 13.6. The van der Waals surface area contributed by atoms with Gasteiger partial charge < -0.3 is 5.32 Å². The van der Waals surface area contributed by atoms with Crippen molar-refractivity contribution in [2.45, 2.75) is 6.54 Å². The normalized spacial score (nSPS) is 10.3. The van der Waals surface area contributed by atoms with Crippen molar-refractivity contribution in [3.05, 3.63) is 68.9 Å². The van der Waals surface area contributed by atoms with Gasteiger partial charge >= 0.3 is 0 Å². The molecule has 2 aromatic carbocycles. The number of hydrogen-bond donors (Lipinski definition) is 1. The average molecular weight is 343 g/mol. The first-order chi connectivity index (χ1) is 9.08. The van der Waals surface area contributed by atoms with Crippen LogP contribution in [-0.2, 0) is 6.54 Å². The van der Waals surface area contributed by atoms with Gasteiger partial charge in [-0.1, -0.05) is 45.7 Å². The molecule has 0 atom stereocenters. The molecular weight excluding hydrogens is 333 g/mol. The van der Waals surface area contributed by atoms with Crippen molar-refractivity contribution in [2.24, 2.45) is 0 Å². The Morgan fingerprint density at radius 3 is 2.74 bits per heavy atom. The molecule has 0 spiro atoms. The summed E-state index contributed by atoms with van der Waals surface area (Å²) in [6, 6.07) is 11.9. The summed E-state index contributed by atoms with van der Waals surface area (Å²) in [6.07, 6.45) is 0. The van der Waals surface area contributed by atoms with Gasteiger partial charge in [0.15, 0.2) is 5.82 Å². The molecule has 0 radical (unpaired) electrons. The van der Waals surface area contributed by atoms with Gasteiger partial charge in [0.2, 0.25) is 0 Å². The molecular formula is C14H10BrClFNO. The molecule has 0 fully saturated rings. The van der Waals surface area contributed by atoms with Gasteiger partial charge in [-0.15, -0.1) is 0 Å². The highest BCUT2D eigenvalue weighted by molar-refractivity contribution is 9.10. The van der Waals surface area contributed by atoms with Gasteiger partial charge in [0.25, 0.3) is 5.91 Å². The quantitative estimate of drug-likeness (QED) is 0.891. The van der Waals surface area contributed by atoms with Crippen LogP contribution in [0.5, 0.6) is 0 Å². The second kappa shape index (κ2) is 6.17. The summed E-state index contributed by atoms with van der Waals surface area (Å²) in [5.41, 5.74) is 0.868. The van der Waals surface area contributed by atoms with E-state index in [4.69, 9.17) is 11.6 Å². The van der Waals surface area contributed by atoms with Crippen molar-refractivity contribution in [1.29, 1.82) is 0 Å². The third-order valence-corrected chi connectivity index (χ3v) is 3.32. The smallest absolute Gasteiger partial charge is 0.254 e. The fraction of sp³-hybridized carbons (Fsp3) is 0.0714. The summed E-state index contributed by atoms with van der Waals surface area (Å²) in [6.45, 7) is 0.324. The summed E-state index contributed by atoms with van der Waals surface area (Å²) in [5, 5.41) is 2.59. The molecule has 0 aliphatic heterocycles. The van der Waals surface area contributed by atoms with Crippen LogP contribution in [0, 0.1) is 5.82 Å². The Kier molecular flexibility index (Phi) is 4.56. The lowest BCUT2D eigenvalue weighted by molar-refractivity contribution is 0.0947. The van der Waals surface area contributed by atoms with E-state index >= 15 is 0 Å². The Hall–Kier alpha value is -1.39. The molecule has 2 nitrogen and oxygen atoms in total. The second-order valence-electron chi connectivity index (χ2n) is 3.91. The average Bonchev–Trinajstić information content (AvgIpc) is 2.39. The predicted octanol–water partition coefficient (Wildman–Crippen LogP) is 4.17. The van der Waals surface area contributed by atoms with Gasteiger partial charge in [-0.3, -0.25) is 4.79 Å². The van der Waals surface area contributed by atoms with E-state index in [-0.39, 0.29) is 10.6 Å². The minimum atomic E-state index is -0.698. The number of carbonyl (C=O) groups excluding carboxylic acids is 1. The van der Waals surface area contributed by atoms with E-state index in [0.717, 1.165) is 10.0 Å². The van der Waals surface area contributed by atoms with Gasteiger partial charge in [0.05, 0.1) is 10.6 Å². The minimum absolute atomic E-state index is 0.0532. The first kappa shape index (κ1) is 14.0. The first-order valence-electron chi connectivity index (χ1n) is 5.54. The standard InChI is InChI=1S/C14H10BrClFNO/c15-10-4-1-3-9(7-10)8-18-14(19)11-5-2-6-12(16)13(11)17/h1-7H,8H2,(H,18,19). The van der Waals surface area contributed by atoms with Crippen molar-refractivity contribution >= 4 is 33.4 Å². The molecule has 1 N–H and O–H groups in total. The van der Waals surface area contributed by atoms with Crippen LogP contribution >= 0.6 is 27.5 Å². The summed E-state index contributed by atoms with van der Waals surface area (Å²) < 4.78 is 14.6. The molecule has 0 saturated heterocycles. The van der Waals surface area contributed by atoms with Gasteiger partial charge in [0, 0.05) is 11.0 Å². The Morgan fingerprint density at radius 1 is 1.26 bits per heavy atom. The van der Waals surface area contributed by atoms with Gasteiger partial charge in [-0.2, -0.15) is 0 Å². The molecule has 1 amide bonds. The molecule has 0 unspecified atom stereocenters. The topological polar surface area (TPSA) is 29.1 Å².